The molecule has 1 aliphatic rings. The quantitative estimate of drug-likeness (QED) is 0.526. The molecule has 33 heavy (non-hydrogen) atoms. The van der Waals surface area contributed by atoms with E-state index in [1.165, 1.54) is 0 Å². The van der Waals surface area contributed by atoms with Crippen molar-refractivity contribution in [3.63, 3.8) is 0 Å². The van der Waals surface area contributed by atoms with Crippen molar-refractivity contribution < 1.29 is 17.9 Å². The van der Waals surface area contributed by atoms with Crippen LogP contribution in [-0.2, 0) is 21.4 Å². The minimum Gasteiger partial charge on any atom is -0.493 e. The molecule has 0 bridgehead atoms. The fourth-order valence-corrected chi connectivity index (χ4v) is 4.69. The number of hydrogen-bond donors (Lipinski definition) is 2. The van der Waals surface area contributed by atoms with Crippen LogP contribution in [0.3, 0.4) is 0 Å². The number of piperidine rings is 1. The van der Waals surface area contributed by atoms with Gasteiger partial charge in [0, 0.05) is 44.5 Å². The van der Waals surface area contributed by atoms with E-state index in [-0.39, 0.29) is 12.5 Å². The summed E-state index contributed by atoms with van der Waals surface area (Å²) in [6.07, 6.45) is 7.80. The van der Waals surface area contributed by atoms with Crippen molar-refractivity contribution in [3.8, 4) is 16.9 Å². The summed E-state index contributed by atoms with van der Waals surface area (Å²) in [6, 6.07) is 9.67. The molecule has 8 nitrogen and oxygen atoms in total. The van der Waals surface area contributed by atoms with Crippen LogP contribution < -0.4 is 9.46 Å². The van der Waals surface area contributed by atoms with Gasteiger partial charge in [-0.05, 0) is 42.4 Å². The predicted molar refractivity (Wildman–Crippen MR) is 128 cm³/mol. The molecule has 1 amide bonds. The number of sulfonamides is 1. The molecule has 2 aromatic heterocycles. The SMILES string of the molecule is CC(=O)N1CCC(CCOc2ccnc3[nH]cc(-c4ccc(CNS(C)(=O)=O)cc4)c23)CC1. The Labute approximate surface area is 194 Å². The zero-order valence-electron chi connectivity index (χ0n) is 19.0. The van der Waals surface area contributed by atoms with Crippen LogP contribution in [0, 0.1) is 5.92 Å². The maximum absolute atomic E-state index is 11.5. The molecule has 2 N–H and O–H groups in total. The summed E-state index contributed by atoms with van der Waals surface area (Å²) in [5.74, 6) is 1.51. The van der Waals surface area contributed by atoms with E-state index in [1.54, 1.807) is 13.1 Å². The first-order valence-electron chi connectivity index (χ1n) is 11.2. The lowest BCUT2D eigenvalue weighted by atomic mass is 9.94. The van der Waals surface area contributed by atoms with Crippen LogP contribution in [0.4, 0.5) is 0 Å². The van der Waals surface area contributed by atoms with Gasteiger partial charge in [-0.1, -0.05) is 24.3 Å². The third kappa shape index (κ3) is 5.91. The van der Waals surface area contributed by atoms with E-state index in [9.17, 15) is 13.2 Å². The van der Waals surface area contributed by atoms with E-state index in [2.05, 4.69) is 14.7 Å². The van der Waals surface area contributed by atoms with Crippen molar-refractivity contribution in [2.24, 2.45) is 5.92 Å². The number of aromatic nitrogens is 2. The molecular formula is C24H30N4O4S. The second-order valence-electron chi connectivity index (χ2n) is 8.61. The molecule has 0 spiro atoms. The molecule has 3 heterocycles. The number of amides is 1. The highest BCUT2D eigenvalue weighted by molar-refractivity contribution is 7.88. The first kappa shape index (κ1) is 23.3. The molecule has 0 unspecified atom stereocenters. The summed E-state index contributed by atoms with van der Waals surface area (Å²) < 4.78 is 31.3. The maximum Gasteiger partial charge on any atom is 0.219 e. The molecule has 0 saturated carbocycles. The molecule has 1 aliphatic heterocycles. The molecule has 0 aliphatic carbocycles. The molecule has 0 atom stereocenters. The number of aromatic amines is 1. The number of hydrogen-bond acceptors (Lipinski definition) is 5. The topological polar surface area (TPSA) is 104 Å². The lowest BCUT2D eigenvalue weighted by molar-refractivity contribution is -0.130. The van der Waals surface area contributed by atoms with Crippen molar-refractivity contribution in [2.75, 3.05) is 26.0 Å². The summed E-state index contributed by atoms with van der Waals surface area (Å²) in [5.41, 5.74) is 3.64. The summed E-state index contributed by atoms with van der Waals surface area (Å²) >= 11 is 0. The Morgan fingerprint density at radius 2 is 1.94 bits per heavy atom. The van der Waals surface area contributed by atoms with Gasteiger partial charge < -0.3 is 14.6 Å². The smallest absolute Gasteiger partial charge is 0.219 e. The third-order valence-electron chi connectivity index (χ3n) is 6.18. The zero-order chi connectivity index (χ0) is 23.4. The standard InChI is InChI=1S/C24H30N4O4S/c1-17(29)28-12-8-18(9-13-28)10-14-32-22-7-11-25-24-23(22)21(16-26-24)20-5-3-19(4-6-20)15-27-33(2,30)31/h3-7,11,16,18,27H,8-10,12-15H2,1-2H3,(H,25,26). The van der Waals surface area contributed by atoms with Gasteiger partial charge in [0.15, 0.2) is 0 Å². The summed E-state index contributed by atoms with van der Waals surface area (Å²) in [6.45, 7) is 4.17. The molecule has 0 radical (unpaired) electrons. The fourth-order valence-electron chi connectivity index (χ4n) is 4.26. The van der Waals surface area contributed by atoms with Gasteiger partial charge in [0.1, 0.15) is 11.4 Å². The zero-order valence-corrected chi connectivity index (χ0v) is 19.8. The number of H-pyrrole nitrogens is 1. The number of nitrogens with zero attached hydrogens (tertiary/aromatic N) is 2. The normalized spacial score (nSPS) is 15.2. The summed E-state index contributed by atoms with van der Waals surface area (Å²) in [7, 11) is -3.23. The Morgan fingerprint density at radius 3 is 2.61 bits per heavy atom. The Kier molecular flexibility index (Phi) is 6.99. The van der Waals surface area contributed by atoms with Crippen LogP contribution in [-0.4, -0.2) is 55.1 Å². The largest absolute Gasteiger partial charge is 0.493 e. The molecular weight excluding hydrogens is 440 g/mol. The van der Waals surface area contributed by atoms with Crippen molar-refractivity contribution in [1.82, 2.24) is 19.6 Å². The summed E-state index contributed by atoms with van der Waals surface area (Å²) in [4.78, 5) is 21.1. The number of likely N-dealkylation sites (tertiary alicyclic amines) is 1. The monoisotopic (exact) mass is 470 g/mol. The van der Waals surface area contributed by atoms with Gasteiger partial charge in [-0.3, -0.25) is 4.79 Å². The first-order chi connectivity index (χ1) is 15.8. The van der Waals surface area contributed by atoms with Crippen LogP contribution in [0.2, 0.25) is 0 Å². The Morgan fingerprint density at radius 1 is 1.21 bits per heavy atom. The second-order valence-corrected chi connectivity index (χ2v) is 10.4. The van der Waals surface area contributed by atoms with Gasteiger partial charge in [0.25, 0.3) is 0 Å². The highest BCUT2D eigenvalue weighted by Gasteiger charge is 2.21. The van der Waals surface area contributed by atoms with E-state index >= 15 is 0 Å². The number of pyridine rings is 1. The van der Waals surface area contributed by atoms with E-state index in [4.69, 9.17) is 4.74 Å². The van der Waals surface area contributed by atoms with E-state index < -0.39 is 10.0 Å². The molecule has 1 saturated heterocycles. The van der Waals surface area contributed by atoms with Crippen molar-refractivity contribution >= 4 is 27.0 Å². The van der Waals surface area contributed by atoms with Crippen LogP contribution in [0.1, 0.15) is 31.7 Å². The van der Waals surface area contributed by atoms with Crippen molar-refractivity contribution in [3.05, 3.63) is 48.3 Å². The Hall–Kier alpha value is -2.91. The molecule has 176 valence electrons. The number of nitrogens with one attached hydrogen (secondary N) is 2. The predicted octanol–water partition coefficient (Wildman–Crippen LogP) is 3.31. The first-order valence-corrected chi connectivity index (χ1v) is 13.1. The molecule has 3 aromatic rings. The maximum atomic E-state index is 11.5. The van der Waals surface area contributed by atoms with E-state index in [1.807, 2.05) is 41.4 Å². The van der Waals surface area contributed by atoms with Crippen LogP contribution in [0.25, 0.3) is 22.2 Å². The number of carbonyl (C=O) groups excluding carboxylic acids is 1. The Balaban J connectivity index is 1.43. The second kappa shape index (κ2) is 9.93. The van der Waals surface area contributed by atoms with E-state index in [0.29, 0.717) is 12.5 Å². The third-order valence-corrected chi connectivity index (χ3v) is 6.85. The molecule has 4 rings (SSSR count). The minimum absolute atomic E-state index is 0.156. The number of benzene rings is 1. The highest BCUT2D eigenvalue weighted by Crippen LogP contribution is 2.35. The fraction of sp³-hybridized carbons (Fsp3) is 0.417. The van der Waals surface area contributed by atoms with Gasteiger partial charge in [0.05, 0.1) is 18.2 Å². The Bertz CT molecular complexity index is 1210. The number of carbonyl (C=O) groups is 1. The number of rotatable bonds is 8. The van der Waals surface area contributed by atoms with Gasteiger partial charge in [-0.15, -0.1) is 0 Å². The van der Waals surface area contributed by atoms with Crippen molar-refractivity contribution in [2.45, 2.75) is 32.7 Å². The van der Waals surface area contributed by atoms with E-state index in [0.717, 1.165) is 72.1 Å². The van der Waals surface area contributed by atoms with Crippen molar-refractivity contribution in [1.29, 1.82) is 0 Å². The van der Waals surface area contributed by atoms with Crippen LogP contribution in [0.5, 0.6) is 5.75 Å². The average molecular weight is 471 g/mol. The van der Waals surface area contributed by atoms with Gasteiger partial charge in [-0.2, -0.15) is 0 Å². The van der Waals surface area contributed by atoms with Crippen LogP contribution >= 0.6 is 0 Å². The van der Waals surface area contributed by atoms with Gasteiger partial charge in [0.2, 0.25) is 15.9 Å². The lowest BCUT2D eigenvalue weighted by Crippen LogP contribution is -2.37. The van der Waals surface area contributed by atoms with Crippen LogP contribution in [0.15, 0.2) is 42.7 Å². The summed E-state index contributed by atoms with van der Waals surface area (Å²) in [5, 5.41) is 0.936. The average Bonchev–Trinajstić information content (AvgIpc) is 3.23. The lowest BCUT2D eigenvalue weighted by Gasteiger charge is -2.31. The molecule has 1 fully saturated rings. The highest BCUT2D eigenvalue weighted by atomic mass is 32.2. The minimum atomic E-state index is -3.23. The molecule has 9 heteroatoms. The van der Waals surface area contributed by atoms with Gasteiger partial charge >= 0.3 is 0 Å². The number of fused-ring (bicyclic) bond motifs is 1. The molecule has 1 aromatic carbocycles. The number of ether oxygens (including phenoxy) is 1. The van der Waals surface area contributed by atoms with Gasteiger partial charge in [-0.25, -0.2) is 18.1 Å².